The van der Waals surface area contributed by atoms with Gasteiger partial charge in [0.15, 0.2) is 0 Å². The molecule has 96 valence electrons. The SMILES string of the molecule is Cc1ccc(-c2nc3cc(C)cc(C)n3c2N)nc1. The van der Waals surface area contributed by atoms with Crippen molar-refractivity contribution < 1.29 is 0 Å². The van der Waals surface area contributed by atoms with E-state index in [-0.39, 0.29) is 0 Å². The lowest BCUT2D eigenvalue weighted by atomic mass is 10.2. The minimum absolute atomic E-state index is 0.642. The molecule has 0 fully saturated rings. The van der Waals surface area contributed by atoms with Crippen molar-refractivity contribution in [2.24, 2.45) is 0 Å². The number of nitrogens with zero attached hydrogens (tertiary/aromatic N) is 3. The lowest BCUT2D eigenvalue weighted by Crippen LogP contribution is -1.98. The Kier molecular flexibility index (Phi) is 2.52. The molecular formula is C15H16N4. The van der Waals surface area contributed by atoms with E-state index < -0.39 is 0 Å². The zero-order valence-corrected chi connectivity index (χ0v) is 11.3. The first kappa shape index (κ1) is 11.7. The molecule has 3 heterocycles. The predicted molar refractivity (Wildman–Crippen MR) is 77.0 cm³/mol. The van der Waals surface area contributed by atoms with E-state index >= 15 is 0 Å². The molecular weight excluding hydrogens is 236 g/mol. The van der Waals surface area contributed by atoms with Gasteiger partial charge in [-0.3, -0.25) is 9.38 Å². The van der Waals surface area contributed by atoms with Gasteiger partial charge in [0.05, 0.1) is 5.69 Å². The molecule has 19 heavy (non-hydrogen) atoms. The Bertz CT molecular complexity index is 754. The summed E-state index contributed by atoms with van der Waals surface area (Å²) in [4.78, 5) is 9.01. The number of pyridine rings is 2. The first-order valence-electron chi connectivity index (χ1n) is 6.24. The molecule has 0 aliphatic rings. The first-order chi connectivity index (χ1) is 9.06. The molecule has 0 spiro atoms. The fourth-order valence-corrected chi connectivity index (χ4v) is 2.35. The van der Waals surface area contributed by atoms with Crippen LogP contribution in [0, 0.1) is 20.8 Å². The monoisotopic (exact) mass is 252 g/mol. The molecule has 3 aromatic heterocycles. The van der Waals surface area contributed by atoms with Gasteiger partial charge < -0.3 is 5.73 Å². The van der Waals surface area contributed by atoms with Crippen LogP contribution in [-0.4, -0.2) is 14.4 Å². The van der Waals surface area contributed by atoms with E-state index in [0.29, 0.717) is 5.82 Å². The summed E-state index contributed by atoms with van der Waals surface area (Å²) < 4.78 is 1.96. The molecule has 2 N–H and O–H groups in total. The van der Waals surface area contributed by atoms with Crippen molar-refractivity contribution >= 4 is 11.5 Å². The highest BCUT2D eigenvalue weighted by molar-refractivity contribution is 5.73. The smallest absolute Gasteiger partial charge is 0.139 e. The Hall–Kier alpha value is -2.36. The number of nitrogens with two attached hydrogens (primary N) is 1. The van der Waals surface area contributed by atoms with Crippen molar-refractivity contribution in [2.45, 2.75) is 20.8 Å². The molecule has 0 saturated carbocycles. The number of aryl methyl sites for hydroxylation is 3. The molecule has 0 bridgehead atoms. The maximum Gasteiger partial charge on any atom is 0.139 e. The molecule has 0 atom stereocenters. The molecule has 3 aromatic rings. The zero-order valence-electron chi connectivity index (χ0n) is 11.3. The van der Waals surface area contributed by atoms with Crippen LogP contribution in [0.25, 0.3) is 17.0 Å². The highest BCUT2D eigenvalue weighted by Crippen LogP contribution is 2.26. The summed E-state index contributed by atoms with van der Waals surface area (Å²) in [6, 6.07) is 8.10. The van der Waals surface area contributed by atoms with Crippen LogP contribution in [0.15, 0.2) is 30.5 Å². The predicted octanol–water partition coefficient (Wildman–Crippen LogP) is 2.90. The Morgan fingerprint density at radius 2 is 1.84 bits per heavy atom. The van der Waals surface area contributed by atoms with E-state index in [1.54, 1.807) is 0 Å². The number of hydrogen-bond acceptors (Lipinski definition) is 3. The van der Waals surface area contributed by atoms with Gasteiger partial charge in [-0.25, -0.2) is 4.98 Å². The van der Waals surface area contributed by atoms with Crippen molar-refractivity contribution in [2.75, 3.05) is 5.73 Å². The maximum absolute atomic E-state index is 6.22. The van der Waals surface area contributed by atoms with Gasteiger partial charge in [0, 0.05) is 11.9 Å². The van der Waals surface area contributed by atoms with Crippen molar-refractivity contribution in [1.29, 1.82) is 0 Å². The van der Waals surface area contributed by atoms with Crippen LogP contribution in [0.4, 0.5) is 5.82 Å². The summed E-state index contributed by atoms with van der Waals surface area (Å²) in [6.45, 7) is 6.10. The van der Waals surface area contributed by atoms with Gasteiger partial charge in [-0.1, -0.05) is 6.07 Å². The topological polar surface area (TPSA) is 56.2 Å². The Labute approximate surface area is 111 Å². The lowest BCUT2D eigenvalue weighted by Gasteiger charge is -2.03. The van der Waals surface area contributed by atoms with Crippen LogP contribution in [-0.2, 0) is 0 Å². The Morgan fingerprint density at radius 1 is 1.05 bits per heavy atom. The van der Waals surface area contributed by atoms with E-state index in [9.17, 15) is 0 Å². The number of rotatable bonds is 1. The van der Waals surface area contributed by atoms with Crippen molar-refractivity contribution in [3.05, 3.63) is 47.3 Å². The number of anilines is 1. The fourth-order valence-electron chi connectivity index (χ4n) is 2.35. The van der Waals surface area contributed by atoms with Crippen LogP contribution >= 0.6 is 0 Å². The number of fused-ring (bicyclic) bond motifs is 1. The minimum atomic E-state index is 0.642. The molecule has 0 unspecified atom stereocenters. The maximum atomic E-state index is 6.22. The average Bonchev–Trinajstić information content (AvgIpc) is 2.67. The molecule has 4 nitrogen and oxygen atoms in total. The number of aromatic nitrogens is 3. The Balaban J connectivity index is 2.28. The standard InChI is InChI=1S/C15H16N4/c1-9-4-5-12(17-8-9)14-15(16)19-11(3)6-10(2)7-13(19)18-14/h4-8H,16H2,1-3H3. The zero-order chi connectivity index (χ0) is 13.6. The van der Waals surface area contributed by atoms with Gasteiger partial charge in [0.2, 0.25) is 0 Å². The van der Waals surface area contributed by atoms with E-state index in [1.165, 1.54) is 5.56 Å². The third kappa shape index (κ3) is 1.85. The number of hydrogen-bond donors (Lipinski definition) is 1. The van der Waals surface area contributed by atoms with Crippen LogP contribution in [0.1, 0.15) is 16.8 Å². The average molecular weight is 252 g/mol. The molecule has 0 aromatic carbocycles. The molecule has 0 aliphatic carbocycles. The fraction of sp³-hybridized carbons (Fsp3) is 0.200. The van der Waals surface area contributed by atoms with E-state index in [0.717, 1.165) is 28.3 Å². The summed E-state index contributed by atoms with van der Waals surface area (Å²) in [5, 5.41) is 0. The van der Waals surface area contributed by atoms with Gasteiger partial charge >= 0.3 is 0 Å². The summed E-state index contributed by atoms with van der Waals surface area (Å²) in [5.41, 5.74) is 12.0. The number of nitrogen functional groups attached to an aromatic ring is 1. The third-order valence-electron chi connectivity index (χ3n) is 3.24. The van der Waals surface area contributed by atoms with Gasteiger partial charge in [-0.05, 0) is 50.1 Å². The van der Waals surface area contributed by atoms with E-state index in [1.807, 2.05) is 42.6 Å². The normalized spacial score (nSPS) is 11.1. The van der Waals surface area contributed by atoms with Crippen LogP contribution in [0.3, 0.4) is 0 Å². The molecule has 0 aliphatic heterocycles. The lowest BCUT2D eigenvalue weighted by molar-refractivity contribution is 1.09. The first-order valence-corrected chi connectivity index (χ1v) is 6.24. The molecule has 4 heteroatoms. The second-order valence-corrected chi connectivity index (χ2v) is 4.93. The van der Waals surface area contributed by atoms with Gasteiger partial charge in [-0.15, -0.1) is 0 Å². The van der Waals surface area contributed by atoms with Gasteiger partial charge in [0.25, 0.3) is 0 Å². The summed E-state index contributed by atoms with van der Waals surface area (Å²) >= 11 is 0. The molecule has 0 saturated heterocycles. The van der Waals surface area contributed by atoms with Crippen molar-refractivity contribution in [1.82, 2.24) is 14.4 Å². The molecule has 3 rings (SSSR count). The molecule has 0 amide bonds. The van der Waals surface area contributed by atoms with Crippen molar-refractivity contribution in [3.63, 3.8) is 0 Å². The second-order valence-electron chi connectivity index (χ2n) is 4.93. The van der Waals surface area contributed by atoms with Crippen LogP contribution < -0.4 is 5.73 Å². The molecule has 0 radical (unpaired) electrons. The highest BCUT2D eigenvalue weighted by Gasteiger charge is 2.13. The van der Waals surface area contributed by atoms with Crippen molar-refractivity contribution in [3.8, 4) is 11.4 Å². The minimum Gasteiger partial charge on any atom is -0.383 e. The largest absolute Gasteiger partial charge is 0.383 e. The van der Waals surface area contributed by atoms with Crippen LogP contribution in [0.5, 0.6) is 0 Å². The highest BCUT2D eigenvalue weighted by atomic mass is 15.1. The third-order valence-corrected chi connectivity index (χ3v) is 3.24. The summed E-state index contributed by atoms with van der Waals surface area (Å²) in [7, 11) is 0. The summed E-state index contributed by atoms with van der Waals surface area (Å²) in [5.74, 6) is 0.642. The van der Waals surface area contributed by atoms with Crippen LogP contribution in [0.2, 0.25) is 0 Å². The van der Waals surface area contributed by atoms with Gasteiger partial charge in [0.1, 0.15) is 17.2 Å². The summed E-state index contributed by atoms with van der Waals surface area (Å²) in [6.07, 6.45) is 1.83. The quantitative estimate of drug-likeness (QED) is 0.724. The van der Waals surface area contributed by atoms with E-state index in [4.69, 9.17) is 5.73 Å². The number of imidazole rings is 1. The van der Waals surface area contributed by atoms with Gasteiger partial charge in [-0.2, -0.15) is 0 Å². The van der Waals surface area contributed by atoms with E-state index in [2.05, 4.69) is 23.0 Å². The Morgan fingerprint density at radius 3 is 2.53 bits per heavy atom. The second kappa shape index (κ2) is 4.09.